The van der Waals surface area contributed by atoms with Gasteiger partial charge in [0.1, 0.15) is 6.61 Å². The Bertz CT molecular complexity index is 469. The predicted octanol–water partition coefficient (Wildman–Crippen LogP) is 2.68. The number of hydrogen-bond acceptors (Lipinski definition) is 3. The van der Waals surface area contributed by atoms with E-state index in [-0.39, 0.29) is 6.09 Å². The lowest BCUT2D eigenvalue weighted by Crippen LogP contribution is -2.17. The highest BCUT2D eigenvalue weighted by atomic mass is 16.6. The van der Waals surface area contributed by atoms with Gasteiger partial charge in [0.05, 0.1) is 6.54 Å². The molecule has 0 spiro atoms. The molecule has 0 unspecified atom stereocenters. The smallest absolute Gasteiger partial charge is 0.413 e. The number of carbonyl (C=O) groups is 1. The summed E-state index contributed by atoms with van der Waals surface area (Å²) >= 11 is 0. The molecular weight excluding hydrogens is 228 g/mol. The van der Waals surface area contributed by atoms with Gasteiger partial charge >= 0.3 is 6.09 Å². The first-order valence-electron chi connectivity index (χ1n) is 6.08. The molecule has 18 heavy (non-hydrogen) atoms. The highest BCUT2D eigenvalue weighted by molar-refractivity contribution is 5.70. The maximum Gasteiger partial charge on any atom is 0.413 e. The van der Waals surface area contributed by atoms with E-state index >= 15 is 0 Å². The predicted molar refractivity (Wildman–Crippen MR) is 71.6 cm³/mol. The van der Waals surface area contributed by atoms with Crippen molar-refractivity contribution in [2.24, 2.45) is 0 Å². The average molecular weight is 246 g/mol. The maximum absolute atomic E-state index is 11.2. The summed E-state index contributed by atoms with van der Waals surface area (Å²) in [6.07, 6.45) is 3.43. The number of carbonyl (C=O) groups excluding carboxylic acids is 1. The number of ether oxygens (including phenoxy) is 1. The zero-order chi connectivity index (χ0) is 13.0. The number of rotatable bonds is 4. The van der Waals surface area contributed by atoms with E-state index in [9.17, 15) is 4.79 Å². The molecule has 2 rings (SSSR count). The minimum Gasteiger partial charge on any atom is -0.447 e. The lowest BCUT2D eigenvalue weighted by atomic mass is 10.1. The Morgan fingerprint density at radius 2 is 2.28 bits per heavy atom. The highest BCUT2D eigenvalue weighted by Crippen LogP contribution is 2.15. The molecule has 0 atom stereocenters. The van der Waals surface area contributed by atoms with Gasteiger partial charge in [0.15, 0.2) is 0 Å². The van der Waals surface area contributed by atoms with Gasteiger partial charge in [-0.15, -0.1) is 0 Å². The molecule has 1 N–H and O–H groups in total. The van der Waals surface area contributed by atoms with Gasteiger partial charge in [-0.3, -0.25) is 4.90 Å². The molecule has 1 aliphatic heterocycles. The van der Waals surface area contributed by atoms with Crippen LogP contribution in [0.3, 0.4) is 0 Å². The molecule has 1 saturated heterocycles. The van der Waals surface area contributed by atoms with Gasteiger partial charge < -0.3 is 10.1 Å². The van der Waals surface area contributed by atoms with Crippen LogP contribution in [0, 0.1) is 13.8 Å². The van der Waals surface area contributed by atoms with Crippen molar-refractivity contribution >= 4 is 11.8 Å². The average Bonchev–Trinajstić information content (AvgIpc) is 2.75. The quantitative estimate of drug-likeness (QED) is 0.888. The number of nitrogens with one attached hydrogen (secondary N) is 1. The van der Waals surface area contributed by atoms with Gasteiger partial charge in [-0.1, -0.05) is 12.1 Å². The van der Waals surface area contributed by atoms with Crippen LogP contribution in [0.5, 0.6) is 0 Å². The molecule has 1 aromatic rings. The molecule has 1 amide bonds. The zero-order valence-corrected chi connectivity index (χ0v) is 10.8. The first-order valence-corrected chi connectivity index (χ1v) is 6.08. The Hall–Kier alpha value is -1.97. The van der Waals surface area contributed by atoms with Crippen LogP contribution in [0.1, 0.15) is 11.1 Å². The third kappa shape index (κ3) is 3.03. The normalized spacial score (nSPS) is 15.2. The first-order chi connectivity index (χ1) is 8.66. The third-order valence-corrected chi connectivity index (χ3v) is 2.88. The molecule has 4 heteroatoms. The summed E-state index contributed by atoms with van der Waals surface area (Å²) in [7, 11) is 0. The molecule has 0 radical (unpaired) electrons. The van der Waals surface area contributed by atoms with Crippen molar-refractivity contribution in [3.8, 4) is 0 Å². The minimum absolute atomic E-state index is 0.266. The van der Waals surface area contributed by atoms with Crippen molar-refractivity contribution in [2.45, 2.75) is 13.8 Å². The van der Waals surface area contributed by atoms with Gasteiger partial charge in [-0.2, -0.15) is 0 Å². The van der Waals surface area contributed by atoms with Crippen LogP contribution in [0.15, 0.2) is 30.5 Å². The minimum atomic E-state index is -0.266. The lowest BCUT2D eigenvalue weighted by molar-refractivity contribution is 0.166. The molecular formula is C14H18N2O2. The Balaban J connectivity index is 1.86. The van der Waals surface area contributed by atoms with E-state index in [1.165, 1.54) is 11.1 Å². The lowest BCUT2D eigenvalue weighted by Gasteiger charge is -2.09. The monoisotopic (exact) mass is 246 g/mol. The molecule has 1 aliphatic rings. The van der Waals surface area contributed by atoms with Crippen LogP contribution in [0.2, 0.25) is 0 Å². The van der Waals surface area contributed by atoms with Crippen LogP contribution in [0.25, 0.3) is 0 Å². The zero-order valence-electron chi connectivity index (χ0n) is 10.8. The van der Waals surface area contributed by atoms with E-state index in [2.05, 4.69) is 37.4 Å². The van der Waals surface area contributed by atoms with Gasteiger partial charge in [0.2, 0.25) is 0 Å². The molecule has 0 saturated carbocycles. The fourth-order valence-electron chi connectivity index (χ4n) is 1.82. The summed E-state index contributed by atoms with van der Waals surface area (Å²) in [5.74, 6) is 0. The Morgan fingerprint density at radius 3 is 3.00 bits per heavy atom. The number of aryl methyl sites for hydroxylation is 2. The van der Waals surface area contributed by atoms with Crippen LogP contribution < -0.4 is 5.32 Å². The summed E-state index contributed by atoms with van der Waals surface area (Å²) in [6, 6.07) is 6.31. The van der Waals surface area contributed by atoms with Crippen LogP contribution in [-0.4, -0.2) is 30.7 Å². The fourth-order valence-corrected chi connectivity index (χ4v) is 1.82. The fraction of sp³-hybridized carbons (Fsp3) is 0.357. The number of cyclic esters (lactones) is 1. The number of benzene rings is 1. The number of hydrogen-bond donors (Lipinski definition) is 1. The van der Waals surface area contributed by atoms with E-state index < -0.39 is 0 Å². The molecule has 1 fully saturated rings. The molecule has 0 aliphatic carbocycles. The Kier molecular flexibility index (Phi) is 3.87. The Labute approximate surface area is 107 Å². The maximum atomic E-state index is 11.2. The highest BCUT2D eigenvalue weighted by Gasteiger charge is 2.18. The van der Waals surface area contributed by atoms with Crippen LogP contribution in [0.4, 0.5) is 10.5 Å². The molecule has 1 heterocycles. The summed E-state index contributed by atoms with van der Waals surface area (Å²) in [5.41, 5.74) is 3.58. The molecule has 0 aromatic heterocycles. The Morgan fingerprint density at radius 1 is 1.44 bits per heavy atom. The van der Waals surface area contributed by atoms with Gasteiger partial charge in [-0.25, -0.2) is 4.79 Å². The second-order valence-electron chi connectivity index (χ2n) is 4.39. The van der Waals surface area contributed by atoms with Gasteiger partial charge in [0.25, 0.3) is 0 Å². The second kappa shape index (κ2) is 5.58. The summed E-state index contributed by atoms with van der Waals surface area (Å²) in [6.45, 7) is 5.95. The number of anilines is 1. The molecule has 0 bridgehead atoms. The summed E-state index contributed by atoms with van der Waals surface area (Å²) < 4.78 is 4.83. The van der Waals surface area contributed by atoms with Crippen molar-refractivity contribution < 1.29 is 9.53 Å². The third-order valence-electron chi connectivity index (χ3n) is 2.88. The van der Waals surface area contributed by atoms with E-state index in [1.807, 2.05) is 6.08 Å². The molecule has 4 nitrogen and oxygen atoms in total. The second-order valence-corrected chi connectivity index (χ2v) is 4.39. The van der Waals surface area contributed by atoms with Crippen molar-refractivity contribution in [3.05, 3.63) is 41.6 Å². The van der Waals surface area contributed by atoms with Crippen molar-refractivity contribution in [1.29, 1.82) is 0 Å². The van der Waals surface area contributed by atoms with Crippen molar-refractivity contribution in [2.75, 3.05) is 25.0 Å². The molecule has 1 aromatic carbocycles. The topological polar surface area (TPSA) is 41.6 Å². The number of amides is 1. The largest absolute Gasteiger partial charge is 0.447 e. The van der Waals surface area contributed by atoms with E-state index in [1.54, 1.807) is 11.1 Å². The SMILES string of the molecule is Cc1ccc(C)c(NC/C=C/N2CCOC2=O)c1. The summed E-state index contributed by atoms with van der Waals surface area (Å²) in [4.78, 5) is 12.7. The van der Waals surface area contributed by atoms with Gasteiger partial charge in [0, 0.05) is 18.4 Å². The van der Waals surface area contributed by atoms with E-state index in [0.717, 1.165) is 5.69 Å². The van der Waals surface area contributed by atoms with Crippen LogP contribution >= 0.6 is 0 Å². The van der Waals surface area contributed by atoms with E-state index in [4.69, 9.17) is 4.74 Å². The molecule has 96 valence electrons. The van der Waals surface area contributed by atoms with Crippen molar-refractivity contribution in [1.82, 2.24) is 4.90 Å². The van der Waals surface area contributed by atoms with Gasteiger partial charge in [-0.05, 0) is 37.1 Å². The number of nitrogens with zero attached hydrogens (tertiary/aromatic N) is 1. The van der Waals surface area contributed by atoms with Crippen molar-refractivity contribution in [3.63, 3.8) is 0 Å². The standard InChI is InChI=1S/C14H18N2O2/c1-11-4-5-12(2)13(10-11)15-6-3-7-16-8-9-18-14(16)17/h3-5,7,10,15H,6,8-9H2,1-2H3/b7-3+. The van der Waals surface area contributed by atoms with Crippen LogP contribution in [-0.2, 0) is 4.74 Å². The summed E-state index contributed by atoms with van der Waals surface area (Å²) in [5, 5.41) is 3.33. The first kappa shape index (κ1) is 12.5. The van der Waals surface area contributed by atoms with E-state index in [0.29, 0.717) is 19.7 Å².